The van der Waals surface area contributed by atoms with Crippen LogP contribution in [-0.2, 0) is 13.5 Å². The van der Waals surface area contributed by atoms with Gasteiger partial charge in [-0.15, -0.1) is 0 Å². The fraction of sp³-hybridized carbons (Fsp3) is 0.769. The van der Waals surface area contributed by atoms with E-state index in [1.54, 1.807) is 0 Å². The lowest BCUT2D eigenvalue weighted by molar-refractivity contribution is 0.423. The molecule has 0 aromatic carbocycles. The van der Waals surface area contributed by atoms with Crippen molar-refractivity contribution in [2.45, 2.75) is 51.5 Å². The first-order valence-electron chi connectivity index (χ1n) is 6.69. The maximum absolute atomic E-state index is 6.20. The van der Waals surface area contributed by atoms with Crippen LogP contribution in [0.3, 0.4) is 0 Å². The third-order valence-corrected chi connectivity index (χ3v) is 3.92. The Bertz CT molecular complexity index is 377. The average molecular weight is 236 g/mol. The van der Waals surface area contributed by atoms with Gasteiger partial charge in [0.05, 0.1) is 11.4 Å². The summed E-state index contributed by atoms with van der Waals surface area (Å²) in [5.41, 5.74) is 8.08. The van der Waals surface area contributed by atoms with Crippen LogP contribution in [0, 0.1) is 0 Å². The minimum absolute atomic E-state index is 0.631. The van der Waals surface area contributed by atoms with E-state index in [1.165, 1.54) is 32.1 Å². The number of nitrogen functional groups attached to an aromatic ring is 1. The van der Waals surface area contributed by atoms with Crippen LogP contribution in [-0.4, -0.2) is 22.9 Å². The molecule has 0 amide bonds. The molecule has 1 fully saturated rings. The molecule has 1 heterocycles. The second kappa shape index (κ2) is 4.98. The Balaban J connectivity index is 2.23. The van der Waals surface area contributed by atoms with Gasteiger partial charge in [-0.3, -0.25) is 4.68 Å². The normalized spacial score (nSPS) is 17.4. The van der Waals surface area contributed by atoms with Gasteiger partial charge < -0.3 is 10.6 Å². The van der Waals surface area contributed by atoms with E-state index in [1.807, 2.05) is 11.7 Å². The molecule has 17 heavy (non-hydrogen) atoms. The van der Waals surface area contributed by atoms with Crippen LogP contribution >= 0.6 is 0 Å². The van der Waals surface area contributed by atoms with Gasteiger partial charge in [-0.25, -0.2) is 0 Å². The van der Waals surface area contributed by atoms with Crippen LogP contribution in [0.1, 0.15) is 44.7 Å². The van der Waals surface area contributed by atoms with Gasteiger partial charge in [0, 0.05) is 20.1 Å². The molecule has 2 rings (SSSR count). The van der Waals surface area contributed by atoms with Gasteiger partial charge in [0.2, 0.25) is 0 Å². The summed E-state index contributed by atoms with van der Waals surface area (Å²) in [6, 6.07) is 0.631. The van der Waals surface area contributed by atoms with Gasteiger partial charge in [0.15, 0.2) is 0 Å². The highest BCUT2D eigenvalue weighted by Gasteiger charge is 2.23. The second-order valence-electron chi connectivity index (χ2n) is 5.06. The van der Waals surface area contributed by atoms with E-state index in [2.05, 4.69) is 24.0 Å². The zero-order chi connectivity index (χ0) is 12.4. The van der Waals surface area contributed by atoms with Crippen LogP contribution in [0.25, 0.3) is 0 Å². The summed E-state index contributed by atoms with van der Waals surface area (Å²) in [6.45, 7) is 2.10. The topological polar surface area (TPSA) is 47.1 Å². The van der Waals surface area contributed by atoms with Crippen molar-refractivity contribution in [1.29, 1.82) is 0 Å². The molecule has 0 bridgehead atoms. The Hall–Kier alpha value is -1.19. The SMILES string of the molecule is CCc1nn(C)c(N(C)C2CCCCC2)c1N. The summed E-state index contributed by atoms with van der Waals surface area (Å²) in [7, 11) is 4.15. The van der Waals surface area contributed by atoms with Gasteiger partial charge in [-0.05, 0) is 19.3 Å². The van der Waals surface area contributed by atoms with Gasteiger partial charge in [-0.1, -0.05) is 26.2 Å². The van der Waals surface area contributed by atoms with Crippen molar-refractivity contribution < 1.29 is 0 Å². The molecule has 4 nitrogen and oxygen atoms in total. The number of aromatic nitrogens is 2. The maximum Gasteiger partial charge on any atom is 0.150 e. The molecule has 0 unspecified atom stereocenters. The summed E-state index contributed by atoms with van der Waals surface area (Å²) in [5.74, 6) is 1.09. The molecule has 1 aromatic heterocycles. The average Bonchev–Trinajstić information content (AvgIpc) is 2.64. The zero-order valence-corrected chi connectivity index (χ0v) is 11.2. The number of hydrogen-bond donors (Lipinski definition) is 1. The minimum atomic E-state index is 0.631. The Labute approximate surface area is 104 Å². The summed E-state index contributed by atoms with van der Waals surface area (Å²) < 4.78 is 1.93. The monoisotopic (exact) mass is 236 g/mol. The van der Waals surface area contributed by atoms with E-state index >= 15 is 0 Å². The van der Waals surface area contributed by atoms with E-state index in [-0.39, 0.29) is 0 Å². The Kier molecular flexibility index (Phi) is 3.60. The predicted molar refractivity (Wildman–Crippen MR) is 72.3 cm³/mol. The molecular weight excluding hydrogens is 212 g/mol. The van der Waals surface area contributed by atoms with Crippen molar-refractivity contribution in [2.75, 3.05) is 17.7 Å². The zero-order valence-electron chi connectivity index (χ0n) is 11.2. The fourth-order valence-electron chi connectivity index (χ4n) is 2.91. The summed E-state index contributed by atoms with van der Waals surface area (Å²) in [6.07, 6.45) is 7.52. The number of nitrogens with two attached hydrogens (primary N) is 1. The van der Waals surface area contributed by atoms with Crippen molar-refractivity contribution in [1.82, 2.24) is 9.78 Å². The van der Waals surface area contributed by atoms with E-state index in [0.29, 0.717) is 6.04 Å². The molecule has 0 spiro atoms. The molecule has 2 N–H and O–H groups in total. The van der Waals surface area contributed by atoms with Gasteiger partial charge in [-0.2, -0.15) is 5.10 Å². The molecule has 1 aromatic rings. The van der Waals surface area contributed by atoms with Crippen LogP contribution in [0.15, 0.2) is 0 Å². The Morgan fingerprint density at radius 3 is 2.53 bits per heavy atom. The fourth-order valence-corrected chi connectivity index (χ4v) is 2.91. The smallest absolute Gasteiger partial charge is 0.150 e. The van der Waals surface area contributed by atoms with E-state index < -0.39 is 0 Å². The molecule has 1 aliphatic rings. The molecule has 96 valence electrons. The lowest BCUT2D eigenvalue weighted by atomic mass is 9.94. The number of rotatable bonds is 3. The molecule has 0 radical (unpaired) electrons. The van der Waals surface area contributed by atoms with Gasteiger partial charge >= 0.3 is 0 Å². The van der Waals surface area contributed by atoms with E-state index in [0.717, 1.165) is 23.6 Å². The Morgan fingerprint density at radius 2 is 2.00 bits per heavy atom. The molecule has 0 saturated heterocycles. The van der Waals surface area contributed by atoms with Crippen molar-refractivity contribution in [3.63, 3.8) is 0 Å². The van der Waals surface area contributed by atoms with E-state index in [9.17, 15) is 0 Å². The van der Waals surface area contributed by atoms with Crippen LogP contribution < -0.4 is 10.6 Å². The first-order valence-corrected chi connectivity index (χ1v) is 6.69. The summed E-state index contributed by atoms with van der Waals surface area (Å²) >= 11 is 0. The molecular formula is C13H24N4. The first-order chi connectivity index (χ1) is 8.15. The molecule has 1 saturated carbocycles. The maximum atomic E-state index is 6.20. The first kappa shape index (κ1) is 12.3. The highest BCUT2D eigenvalue weighted by atomic mass is 15.4. The quantitative estimate of drug-likeness (QED) is 0.876. The second-order valence-corrected chi connectivity index (χ2v) is 5.06. The number of hydrogen-bond acceptors (Lipinski definition) is 3. The molecule has 4 heteroatoms. The number of nitrogens with zero attached hydrogens (tertiary/aromatic N) is 3. The number of anilines is 2. The highest BCUT2D eigenvalue weighted by Crippen LogP contribution is 2.31. The third kappa shape index (κ3) is 2.26. The van der Waals surface area contributed by atoms with Gasteiger partial charge in [0.25, 0.3) is 0 Å². The standard InChI is InChI=1S/C13H24N4/c1-4-11-12(14)13(17(3)15-11)16(2)10-8-6-5-7-9-10/h10H,4-9,14H2,1-3H3. The molecule has 0 atom stereocenters. The minimum Gasteiger partial charge on any atom is -0.394 e. The number of aryl methyl sites for hydroxylation is 2. The predicted octanol–water partition coefficient (Wildman–Crippen LogP) is 2.33. The van der Waals surface area contributed by atoms with Crippen LogP contribution in [0.4, 0.5) is 11.5 Å². The van der Waals surface area contributed by atoms with Crippen LogP contribution in [0.2, 0.25) is 0 Å². The molecule has 1 aliphatic carbocycles. The van der Waals surface area contributed by atoms with Gasteiger partial charge in [0.1, 0.15) is 5.82 Å². The highest BCUT2D eigenvalue weighted by molar-refractivity contribution is 5.66. The largest absolute Gasteiger partial charge is 0.394 e. The van der Waals surface area contributed by atoms with E-state index in [4.69, 9.17) is 5.73 Å². The van der Waals surface area contributed by atoms with Crippen molar-refractivity contribution in [2.24, 2.45) is 7.05 Å². The lowest BCUT2D eigenvalue weighted by Crippen LogP contribution is -2.35. The summed E-state index contributed by atoms with van der Waals surface area (Å²) in [4.78, 5) is 2.33. The van der Waals surface area contributed by atoms with Crippen molar-refractivity contribution in [3.05, 3.63) is 5.69 Å². The lowest BCUT2D eigenvalue weighted by Gasteiger charge is -2.32. The Morgan fingerprint density at radius 1 is 1.35 bits per heavy atom. The molecule has 0 aliphatic heterocycles. The van der Waals surface area contributed by atoms with Crippen molar-refractivity contribution >= 4 is 11.5 Å². The summed E-state index contributed by atoms with van der Waals surface area (Å²) in [5, 5.41) is 4.49. The van der Waals surface area contributed by atoms with Crippen LogP contribution in [0.5, 0.6) is 0 Å². The van der Waals surface area contributed by atoms with Crippen molar-refractivity contribution in [3.8, 4) is 0 Å². The third-order valence-electron chi connectivity index (χ3n) is 3.92.